The van der Waals surface area contributed by atoms with E-state index in [9.17, 15) is 0 Å². The average Bonchev–Trinajstić information content (AvgIpc) is 3.65. The third-order valence-electron chi connectivity index (χ3n) is 7.27. The van der Waals surface area contributed by atoms with Gasteiger partial charge in [0.25, 0.3) is 0 Å². The van der Waals surface area contributed by atoms with E-state index in [1.807, 2.05) is 48.5 Å². The van der Waals surface area contributed by atoms with Crippen molar-refractivity contribution < 1.29 is 23.7 Å². The molecule has 1 aliphatic heterocycles. The highest BCUT2D eigenvalue weighted by molar-refractivity contribution is 5.59. The minimum Gasteiger partial charge on any atom is -0.493 e. The molecule has 5 heteroatoms. The van der Waals surface area contributed by atoms with E-state index in [-0.39, 0.29) is 11.5 Å². The van der Waals surface area contributed by atoms with E-state index in [2.05, 4.69) is 42.5 Å². The zero-order valence-corrected chi connectivity index (χ0v) is 21.1. The largest absolute Gasteiger partial charge is 0.493 e. The Balaban J connectivity index is 1.37. The summed E-state index contributed by atoms with van der Waals surface area (Å²) in [6, 6.07) is 30.7. The van der Waals surface area contributed by atoms with Gasteiger partial charge in [-0.1, -0.05) is 66.7 Å². The van der Waals surface area contributed by atoms with Crippen molar-refractivity contribution in [2.75, 3.05) is 20.8 Å². The van der Waals surface area contributed by atoms with E-state index in [0.717, 1.165) is 46.1 Å². The quantitative estimate of drug-likeness (QED) is 0.255. The molecule has 188 valence electrons. The van der Waals surface area contributed by atoms with Gasteiger partial charge in [0.1, 0.15) is 30.3 Å². The van der Waals surface area contributed by atoms with Gasteiger partial charge in [0.2, 0.25) is 0 Å². The minimum atomic E-state index is -0.267. The lowest BCUT2D eigenvalue weighted by molar-refractivity contribution is 0.271. The van der Waals surface area contributed by atoms with Crippen LogP contribution < -0.4 is 18.9 Å². The van der Waals surface area contributed by atoms with Crippen molar-refractivity contribution >= 4 is 0 Å². The number of hydrogen-bond acceptors (Lipinski definition) is 5. The third kappa shape index (κ3) is 4.63. The summed E-state index contributed by atoms with van der Waals surface area (Å²) < 4.78 is 30.0. The maximum Gasteiger partial charge on any atom is 0.161 e. The van der Waals surface area contributed by atoms with Crippen LogP contribution in [0.1, 0.15) is 33.7 Å². The molecule has 37 heavy (non-hydrogen) atoms. The lowest BCUT2D eigenvalue weighted by Gasteiger charge is -2.22. The van der Waals surface area contributed by atoms with Crippen molar-refractivity contribution in [1.29, 1.82) is 0 Å². The summed E-state index contributed by atoms with van der Waals surface area (Å²) in [6.45, 7) is 1.67. The summed E-state index contributed by atoms with van der Waals surface area (Å²) in [5.41, 5.74) is 5.47. The number of hydrogen-bond donors (Lipinski definition) is 0. The molecule has 1 aliphatic carbocycles. The van der Waals surface area contributed by atoms with Crippen LogP contribution in [-0.2, 0) is 24.4 Å². The predicted molar refractivity (Wildman–Crippen MR) is 142 cm³/mol. The lowest BCUT2D eigenvalue weighted by Crippen LogP contribution is -2.20. The molecule has 1 spiro atoms. The second kappa shape index (κ2) is 9.83. The summed E-state index contributed by atoms with van der Waals surface area (Å²) in [6.07, 6.45) is 0.831. The molecule has 1 saturated heterocycles. The fraction of sp³-hybridized carbons (Fsp3) is 0.250. The maximum atomic E-state index is 6.47. The molecule has 0 aromatic heterocycles. The molecule has 0 radical (unpaired) electrons. The molecule has 1 fully saturated rings. The summed E-state index contributed by atoms with van der Waals surface area (Å²) in [5, 5.41) is 0. The van der Waals surface area contributed by atoms with Gasteiger partial charge in [0, 0.05) is 24.0 Å². The predicted octanol–water partition coefficient (Wildman–Crippen LogP) is 6.32. The van der Waals surface area contributed by atoms with Crippen LogP contribution in [0.4, 0.5) is 0 Å². The fourth-order valence-electron chi connectivity index (χ4n) is 5.32. The Morgan fingerprint density at radius 3 is 1.95 bits per heavy atom. The second-order valence-electron chi connectivity index (χ2n) is 9.62. The van der Waals surface area contributed by atoms with Crippen molar-refractivity contribution in [3.8, 4) is 23.0 Å². The standard InChI is InChI=1S/C32H30O5/c1-33-29-15-24-18-32(21-37-32)31(27(24)17-30(29)34-2)26-14-13-25(35-19-22-9-5-3-6-10-22)16-28(26)36-20-23-11-7-4-8-12-23/h3-17,31H,18-21H2,1-2H3/t31-,32+/m1/s1. The molecule has 0 N–H and O–H groups in total. The highest BCUT2D eigenvalue weighted by atomic mass is 16.6. The Bertz CT molecular complexity index is 1380. The van der Waals surface area contributed by atoms with E-state index < -0.39 is 0 Å². The number of methoxy groups -OCH3 is 2. The molecule has 4 aromatic rings. The first kappa shape index (κ1) is 23.4. The third-order valence-corrected chi connectivity index (χ3v) is 7.27. The summed E-state index contributed by atoms with van der Waals surface area (Å²) >= 11 is 0. The molecule has 2 aliphatic rings. The van der Waals surface area contributed by atoms with Crippen molar-refractivity contribution in [3.05, 3.63) is 119 Å². The Hall–Kier alpha value is -3.96. The fourth-order valence-corrected chi connectivity index (χ4v) is 5.32. The van der Waals surface area contributed by atoms with Gasteiger partial charge in [0.15, 0.2) is 11.5 Å². The molecule has 0 unspecified atom stereocenters. The molecular formula is C32H30O5. The van der Waals surface area contributed by atoms with Gasteiger partial charge in [-0.05, 0) is 40.5 Å². The Morgan fingerprint density at radius 2 is 1.32 bits per heavy atom. The summed E-state index contributed by atoms with van der Waals surface area (Å²) in [5.74, 6) is 3.06. The van der Waals surface area contributed by atoms with E-state index >= 15 is 0 Å². The molecule has 0 saturated carbocycles. The molecule has 0 amide bonds. The number of ether oxygens (including phenoxy) is 5. The van der Waals surface area contributed by atoms with Crippen molar-refractivity contribution in [2.24, 2.45) is 0 Å². The van der Waals surface area contributed by atoms with Gasteiger partial charge >= 0.3 is 0 Å². The van der Waals surface area contributed by atoms with E-state index in [0.29, 0.717) is 19.8 Å². The smallest absolute Gasteiger partial charge is 0.161 e. The zero-order valence-electron chi connectivity index (χ0n) is 21.1. The van der Waals surface area contributed by atoms with Crippen molar-refractivity contribution in [1.82, 2.24) is 0 Å². The first-order valence-corrected chi connectivity index (χ1v) is 12.6. The summed E-state index contributed by atoms with van der Waals surface area (Å²) in [7, 11) is 3.34. The Labute approximate surface area is 217 Å². The normalized spacial score (nSPS) is 19.4. The number of fused-ring (bicyclic) bond motifs is 1. The van der Waals surface area contributed by atoms with Gasteiger partial charge in [-0.3, -0.25) is 0 Å². The highest BCUT2D eigenvalue weighted by Crippen LogP contribution is 2.57. The van der Waals surface area contributed by atoms with Crippen LogP contribution in [0.2, 0.25) is 0 Å². The average molecular weight is 495 g/mol. The molecule has 1 heterocycles. The van der Waals surface area contributed by atoms with Crippen LogP contribution in [0.25, 0.3) is 0 Å². The SMILES string of the molecule is COc1cc2c(cc1OC)[C@@H](c1ccc(OCc3ccccc3)cc1OCc1ccccc1)[C@@]1(CO1)C2. The summed E-state index contributed by atoms with van der Waals surface area (Å²) in [4.78, 5) is 0. The van der Waals surface area contributed by atoms with E-state index in [4.69, 9.17) is 23.7 Å². The molecule has 4 aromatic carbocycles. The number of epoxide rings is 1. The lowest BCUT2D eigenvalue weighted by atomic mass is 9.85. The maximum absolute atomic E-state index is 6.47. The van der Waals surface area contributed by atoms with Gasteiger partial charge in [-0.25, -0.2) is 0 Å². The first-order chi connectivity index (χ1) is 18.2. The van der Waals surface area contributed by atoms with E-state index in [1.54, 1.807) is 14.2 Å². The molecule has 5 nitrogen and oxygen atoms in total. The Morgan fingerprint density at radius 1 is 0.703 bits per heavy atom. The van der Waals surface area contributed by atoms with Gasteiger partial charge < -0.3 is 23.7 Å². The molecular weight excluding hydrogens is 464 g/mol. The second-order valence-corrected chi connectivity index (χ2v) is 9.62. The topological polar surface area (TPSA) is 49.5 Å². The van der Waals surface area contributed by atoms with Gasteiger partial charge in [-0.15, -0.1) is 0 Å². The zero-order chi connectivity index (χ0) is 25.2. The van der Waals surface area contributed by atoms with Crippen molar-refractivity contribution in [2.45, 2.75) is 31.2 Å². The van der Waals surface area contributed by atoms with Crippen LogP contribution >= 0.6 is 0 Å². The number of benzene rings is 4. The van der Waals surface area contributed by atoms with Crippen molar-refractivity contribution in [3.63, 3.8) is 0 Å². The van der Waals surface area contributed by atoms with Gasteiger partial charge in [-0.2, -0.15) is 0 Å². The van der Waals surface area contributed by atoms with Crippen LogP contribution in [0.3, 0.4) is 0 Å². The Kier molecular flexibility index (Phi) is 6.23. The van der Waals surface area contributed by atoms with Gasteiger partial charge in [0.05, 0.1) is 20.8 Å². The minimum absolute atomic E-state index is 0.0243. The number of rotatable bonds is 9. The molecule has 6 rings (SSSR count). The molecule has 0 bridgehead atoms. The highest BCUT2D eigenvalue weighted by Gasteiger charge is 2.58. The van der Waals surface area contributed by atoms with Crippen LogP contribution in [0, 0.1) is 0 Å². The van der Waals surface area contributed by atoms with Crippen LogP contribution in [0.15, 0.2) is 91.0 Å². The first-order valence-electron chi connectivity index (χ1n) is 12.6. The van der Waals surface area contributed by atoms with E-state index in [1.165, 1.54) is 11.1 Å². The van der Waals surface area contributed by atoms with Crippen LogP contribution in [0.5, 0.6) is 23.0 Å². The molecule has 2 atom stereocenters. The monoisotopic (exact) mass is 494 g/mol. The van der Waals surface area contributed by atoms with Crippen LogP contribution in [-0.4, -0.2) is 26.4 Å².